The van der Waals surface area contributed by atoms with Crippen molar-refractivity contribution in [3.63, 3.8) is 0 Å². The highest BCUT2D eigenvalue weighted by Gasteiger charge is 2.20. The summed E-state index contributed by atoms with van der Waals surface area (Å²) in [4.78, 5) is 10.9. The average molecular weight is 527 g/mol. The molecule has 1 aliphatic heterocycles. The van der Waals surface area contributed by atoms with Gasteiger partial charge in [-0.05, 0) is 23.6 Å². The topological polar surface area (TPSA) is 70.0 Å². The Morgan fingerprint density at radius 1 is 1.14 bits per heavy atom. The molecular formula is C20H26IN5O2S. The van der Waals surface area contributed by atoms with Crippen LogP contribution >= 0.6 is 35.3 Å². The second-order valence-electron chi connectivity index (χ2n) is 6.73. The van der Waals surface area contributed by atoms with Gasteiger partial charge in [-0.2, -0.15) is 0 Å². The molecule has 1 saturated heterocycles. The number of nitrogens with zero attached hydrogens (tertiary/aromatic N) is 4. The van der Waals surface area contributed by atoms with Gasteiger partial charge in [0.25, 0.3) is 0 Å². The number of thiophene rings is 1. The van der Waals surface area contributed by atoms with Gasteiger partial charge in [0.1, 0.15) is 12.0 Å². The zero-order valence-electron chi connectivity index (χ0n) is 16.2. The van der Waals surface area contributed by atoms with Crippen LogP contribution in [0.15, 0.2) is 62.2 Å². The molecule has 9 heteroatoms. The molecule has 29 heavy (non-hydrogen) atoms. The highest BCUT2D eigenvalue weighted by molar-refractivity contribution is 14.0. The number of aromatic nitrogens is 1. The predicted octanol–water partition coefficient (Wildman–Crippen LogP) is 3.45. The lowest BCUT2D eigenvalue weighted by Gasteiger charge is -2.36. The fourth-order valence-electron chi connectivity index (χ4n) is 3.24. The summed E-state index contributed by atoms with van der Waals surface area (Å²) in [6, 6.07) is 10.1. The highest BCUT2D eigenvalue weighted by Crippen LogP contribution is 2.11. The van der Waals surface area contributed by atoms with E-state index in [9.17, 15) is 0 Å². The number of rotatable bonds is 7. The molecule has 4 rings (SSSR count). The van der Waals surface area contributed by atoms with Gasteiger partial charge in [0, 0.05) is 56.6 Å². The second-order valence-corrected chi connectivity index (χ2v) is 7.76. The van der Waals surface area contributed by atoms with Crippen LogP contribution in [0.25, 0.3) is 0 Å². The molecule has 1 aliphatic rings. The van der Waals surface area contributed by atoms with Crippen molar-refractivity contribution in [2.24, 2.45) is 4.99 Å². The van der Waals surface area contributed by atoms with E-state index in [0.717, 1.165) is 63.1 Å². The van der Waals surface area contributed by atoms with Crippen molar-refractivity contribution in [3.05, 3.63) is 64.6 Å². The minimum Gasteiger partial charge on any atom is -0.469 e. The van der Waals surface area contributed by atoms with Crippen molar-refractivity contribution >= 4 is 41.3 Å². The van der Waals surface area contributed by atoms with Gasteiger partial charge in [-0.15, -0.1) is 35.3 Å². The Bertz CT molecular complexity index is 829. The van der Waals surface area contributed by atoms with Gasteiger partial charge < -0.3 is 19.2 Å². The smallest absolute Gasteiger partial charge is 0.194 e. The normalized spacial score (nSPS) is 15.3. The van der Waals surface area contributed by atoms with E-state index in [2.05, 4.69) is 37.8 Å². The van der Waals surface area contributed by atoms with E-state index in [4.69, 9.17) is 13.9 Å². The van der Waals surface area contributed by atoms with Crippen LogP contribution in [-0.4, -0.2) is 53.6 Å². The van der Waals surface area contributed by atoms with Gasteiger partial charge in [0.15, 0.2) is 5.96 Å². The summed E-state index contributed by atoms with van der Waals surface area (Å²) in [5.74, 6) is 1.96. The van der Waals surface area contributed by atoms with Gasteiger partial charge in [0.05, 0.1) is 18.5 Å². The van der Waals surface area contributed by atoms with Crippen LogP contribution in [0.4, 0.5) is 0 Å². The maximum Gasteiger partial charge on any atom is 0.194 e. The molecule has 0 radical (unpaired) electrons. The Hall–Kier alpha value is -1.85. The molecule has 0 aliphatic carbocycles. The predicted molar refractivity (Wildman–Crippen MR) is 125 cm³/mol. The maximum atomic E-state index is 5.43. The first-order valence-corrected chi connectivity index (χ1v) is 10.4. The first-order chi connectivity index (χ1) is 13.9. The Morgan fingerprint density at radius 2 is 2.03 bits per heavy atom. The molecule has 1 N–H and O–H groups in total. The summed E-state index contributed by atoms with van der Waals surface area (Å²) >= 11 is 1.74. The summed E-state index contributed by atoms with van der Waals surface area (Å²) in [6.07, 6.45) is 4.19. The Morgan fingerprint density at radius 3 is 2.72 bits per heavy atom. The molecule has 0 aromatic carbocycles. The molecule has 4 heterocycles. The highest BCUT2D eigenvalue weighted by atomic mass is 127. The second kappa shape index (κ2) is 11.4. The van der Waals surface area contributed by atoms with Gasteiger partial charge in [-0.25, -0.2) is 4.99 Å². The number of nitrogens with one attached hydrogen (secondary N) is 1. The van der Waals surface area contributed by atoms with E-state index in [1.54, 1.807) is 23.9 Å². The lowest BCUT2D eigenvalue weighted by molar-refractivity contribution is 0.169. The fourth-order valence-corrected chi connectivity index (χ4v) is 3.87. The minimum absolute atomic E-state index is 0. The zero-order valence-corrected chi connectivity index (χ0v) is 19.3. The lowest BCUT2D eigenvalue weighted by atomic mass is 10.3. The number of guanidine groups is 1. The Kier molecular flexibility index (Phi) is 8.56. The molecule has 0 amide bonds. The number of halogens is 1. The number of hydrogen-bond acceptors (Lipinski definition) is 6. The largest absolute Gasteiger partial charge is 0.469 e. The maximum absolute atomic E-state index is 5.43. The summed E-state index contributed by atoms with van der Waals surface area (Å²) in [5, 5.41) is 9.63. The Balaban J connectivity index is 0.00000240. The molecule has 3 aromatic rings. The van der Waals surface area contributed by atoms with Crippen LogP contribution in [0.1, 0.15) is 16.3 Å². The molecule has 156 valence electrons. The zero-order chi connectivity index (χ0) is 19.0. The number of piperazine rings is 1. The van der Waals surface area contributed by atoms with Crippen LogP contribution in [0.2, 0.25) is 0 Å². The first-order valence-electron chi connectivity index (χ1n) is 9.56. The standard InChI is InChI=1S/C20H25N5O2S.HI/c1-3-18(26-12-1)5-7-21-20(22-15-19-4-2-14-28-19)25-10-8-24(9-11-25)16-17-6-13-27-23-17;/h1-4,6,12-14H,5,7-11,15-16H2,(H,21,22);1H. The van der Waals surface area contributed by atoms with Gasteiger partial charge in [-0.3, -0.25) is 4.90 Å². The average Bonchev–Trinajstić information content (AvgIpc) is 3.49. The fraction of sp³-hybridized carbons (Fsp3) is 0.400. The van der Waals surface area contributed by atoms with Crippen molar-refractivity contribution in [2.45, 2.75) is 19.5 Å². The van der Waals surface area contributed by atoms with Crippen LogP contribution in [0.5, 0.6) is 0 Å². The monoisotopic (exact) mass is 527 g/mol. The van der Waals surface area contributed by atoms with Crippen LogP contribution < -0.4 is 5.32 Å². The van der Waals surface area contributed by atoms with E-state index in [1.807, 2.05) is 18.2 Å². The van der Waals surface area contributed by atoms with E-state index < -0.39 is 0 Å². The molecule has 0 bridgehead atoms. The Labute approximate surface area is 191 Å². The molecule has 7 nitrogen and oxygen atoms in total. The third kappa shape index (κ3) is 6.58. The minimum atomic E-state index is 0. The summed E-state index contributed by atoms with van der Waals surface area (Å²) < 4.78 is 10.4. The number of furan rings is 1. The van der Waals surface area contributed by atoms with Crippen molar-refractivity contribution in [1.29, 1.82) is 0 Å². The molecule has 0 unspecified atom stereocenters. The van der Waals surface area contributed by atoms with Gasteiger partial charge >= 0.3 is 0 Å². The molecular weight excluding hydrogens is 501 g/mol. The lowest BCUT2D eigenvalue weighted by Crippen LogP contribution is -2.52. The van der Waals surface area contributed by atoms with Crippen LogP contribution in [0, 0.1) is 0 Å². The van der Waals surface area contributed by atoms with Crippen molar-refractivity contribution < 1.29 is 8.94 Å². The SMILES string of the molecule is I.c1coc(CCNC(=NCc2cccs2)N2CCN(Cc3ccon3)CC2)c1. The van der Waals surface area contributed by atoms with E-state index >= 15 is 0 Å². The molecule has 3 aromatic heterocycles. The van der Waals surface area contributed by atoms with Gasteiger partial charge in [0.2, 0.25) is 0 Å². The summed E-state index contributed by atoms with van der Waals surface area (Å²) in [5.41, 5.74) is 0.983. The van der Waals surface area contributed by atoms with Crippen LogP contribution in [0.3, 0.4) is 0 Å². The van der Waals surface area contributed by atoms with E-state index in [1.165, 1.54) is 4.88 Å². The first kappa shape index (κ1) is 21.8. The molecule has 0 spiro atoms. The molecule has 1 fully saturated rings. The van der Waals surface area contributed by atoms with E-state index in [-0.39, 0.29) is 24.0 Å². The number of aliphatic imine (C=N–C) groups is 1. The van der Waals surface area contributed by atoms with Crippen LogP contribution in [-0.2, 0) is 19.5 Å². The third-order valence-electron chi connectivity index (χ3n) is 4.75. The third-order valence-corrected chi connectivity index (χ3v) is 5.61. The summed E-state index contributed by atoms with van der Waals surface area (Å²) in [7, 11) is 0. The van der Waals surface area contributed by atoms with E-state index in [0.29, 0.717) is 6.54 Å². The van der Waals surface area contributed by atoms with Crippen molar-refractivity contribution in [3.8, 4) is 0 Å². The number of hydrogen-bond donors (Lipinski definition) is 1. The van der Waals surface area contributed by atoms with Crippen molar-refractivity contribution in [1.82, 2.24) is 20.3 Å². The quantitative estimate of drug-likeness (QED) is 0.289. The molecule has 0 atom stereocenters. The molecule has 0 saturated carbocycles. The van der Waals surface area contributed by atoms with Gasteiger partial charge in [-0.1, -0.05) is 11.2 Å². The van der Waals surface area contributed by atoms with Crippen molar-refractivity contribution in [2.75, 3.05) is 32.7 Å². The summed E-state index contributed by atoms with van der Waals surface area (Å²) in [6.45, 7) is 6.17.